The van der Waals surface area contributed by atoms with Gasteiger partial charge in [0.25, 0.3) is 5.91 Å². The first kappa shape index (κ1) is 20.2. The largest absolute Gasteiger partial charge is 0.452 e. The summed E-state index contributed by atoms with van der Waals surface area (Å²) in [6, 6.07) is 16.7. The Kier molecular flexibility index (Phi) is 6.13. The van der Waals surface area contributed by atoms with E-state index in [-0.39, 0.29) is 12.5 Å². The first-order chi connectivity index (χ1) is 14.7. The molecule has 1 aliphatic heterocycles. The summed E-state index contributed by atoms with van der Waals surface area (Å²) in [7, 11) is 0. The van der Waals surface area contributed by atoms with Gasteiger partial charge in [0, 0.05) is 18.2 Å². The highest BCUT2D eigenvalue weighted by molar-refractivity contribution is 5.99. The molecule has 0 unspecified atom stereocenters. The minimum absolute atomic E-state index is 0.102. The number of rotatable bonds is 4. The van der Waals surface area contributed by atoms with E-state index in [4.69, 9.17) is 4.74 Å². The van der Waals surface area contributed by atoms with E-state index >= 15 is 0 Å². The van der Waals surface area contributed by atoms with Gasteiger partial charge in [-0.3, -0.25) is 4.79 Å². The number of nitrogens with zero attached hydrogens (tertiary/aromatic N) is 2. The molecule has 5 nitrogen and oxygen atoms in total. The zero-order valence-electron chi connectivity index (χ0n) is 17.0. The van der Waals surface area contributed by atoms with Crippen LogP contribution in [0.4, 0.5) is 0 Å². The lowest BCUT2D eigenvalue weighted by Crippen LogP contribution is -2.50. The molecule has 1 saturated heterocycles. The van der Waals surface area contributed by atoms with Crippen LogP contribution in [0.25, 0.3) is 11.1 Å². The molecule has 2 atom stereocenters. The first-order valence-electron chi connectivity index (χ1n) is 10.7. The van der Waals surface area contributed by atoms with Gasteiger partial charge < -0.3 is 9.64 Å². The molecular formula is C25H26N2O3. The topological polar surface area (TPSA) is 70.4 Å². The summed E-state index contributed by atoms with van der Waals surface area (Å²) in [5, 5.41) is 9.41. The molecule has 2 aromatic carbocycles. The second-order valence-corrected chi connectivity index (χ2v) is 8.12. The van der Waals surface area contributed by atoms with E-state index < -0.39 is 5.97 Å². The van der Waals surface area contributed by atoms with Crippen molar-refractivity contribution >= 4 is 11.9 Å². The molecule has 1 aliphatic carbocycles. The third-order valence-corrected chi connectivity index (χ3v) is 6.37. The van der Waals surface area contributed by atoms with Crippen molar-refractivity contribution in [3.63, 3.8) is 0 Å². The average Bonchev–Trinajstić information content (AvgIpc) is 2.82. The van der Waals surface area contributed by atoms with Crippen molar-refractivity contribution in [2.45, 2.75) is 44.6 Å². The molecule has 0 bridgehead atoms. The average molecular weight is 402 g/mol. The maximum absolute atomic E-state index is 12.8. The summed E-state index contributed by atoms with van der Waals surface area (Å²) in [6.07, 6.45) is 6.88. The Labute approximate surface area is 177 Å². The monoisotopic (exact) mass is 402 g/mol. The van der Waals surface area contributed by atoms with E-state index in [1.807, 2.05) is 23.1 Å². The number of likely N-dealkylation sites (tertiary alicyclic amines) is 1. The molecule has 4 rings (SSSR count). The van der Waals surface area contributed by atoms with Crippen LogP contribution in [-0.2, 0) is 9.53 Å². The van der Waals surface area contributed by atoms with Gasteiger partial charge in [-0.2, -0.15) is 5.26 Å². The number of nitriles is 1. The zero-order valence-corrected chi connectivity index (χ0v) is 17.0. The summed E-state index contributed by atoms with van der Waals surface area (Å²) in [5.41, 5.74) is 2.17. The van der Waals surface area contributed by atoms with Crippen LogP contribution in [0.5, 0.6) is 0 Å². The summed E-state index contributed by atoms with van der Waals surface area (Å²) in [5.74, 6) is -0.0471. The van der Waals surface area contributed by atoms with E-state index in [0.29, 0.717) is 34.2 Å². The molecule has 1 heterocycles. The van der Waals surface area contributed by atoms with Gasteiger partial charge >= 0.3 is 5.97 Å². The predicted octanol–water partition coefficient (Wildman–Crippen LogP) is 4.56. The lowest BCUT2D eigenvalue weighted by molar-refractivity contribution is -0.140. The number of hydrogen-bond acceptors (Lipinski definition) is 4. The lowest BCUT2D eigenvalue weighted by Gasteiger charge is -2.44. The highest BCUT2D eigenvalue weighted by atomic mass is 16.5. The fraction of sp³-hybridized carbons (Fsp3) is 0.400. The van der Waals surface area contributed by atoms with Crippen molar-refractivity contribution in [1.29, 1.82) is 5.26 Å². The van der Waals surface area contributed by atoms with Crippen LogP contribution in [0.3, 0.4) is 0 Å². The van der Waals surface area contributed by atoms with Crippen molar-refractivity contribution in [1.82, 2.24) is 4.90 Å². The molecule has 30 heavy (non-hydrogen) atoms. The first-order valence-corrected chi connectivity index (χ1v) is 10.7. The van der Waals surface area contributed by atoms with Gasteiger partial charge in [0.05, 0.1) is 17.2 Å². The van der Waals surface area contributed by atoms with Gasteiger partial charge in [0.15, 0.2) is 6.61 Å². The lowest BCUT2D eigenvalue weighted by atomic mass is 9.78. The number of esters is 1. The van der Waals surface area contributed by atoms with Gasteiger partial charge in [0.2, 0.25) is 0 Å². The molecule has 1 amide bonds. The highest BCUT2D eigenvalue weighted by Gasteiger charge is 2.35. The Bertz CT molecular complexity index is 976. The van der Waals surface area contributed by atoms with Crippen molar-refractivity contribution in [3.05, 3.63) is 59.7 Å². The Hall–Kier alpha value is -3.13. The summed E-state index contributed by atoms with van der Waals surface area (Å²) >= 11 is 0. The number of benzene rings is 2. The number of hydrogen-bond donors (Lipinski definition) is 0. The SMILES string of the molecule is N#Cc1ccccc1-c1ccccc1C(=O)OCC(=O)N1CCC[C@H]2CCCC[C@H]21. The number of carbonyl (C=O) groups is 2. The van der Waals surface area contributed by atoms with Crippen LogP contribution in [0, 0.1) is 17.2 Å². The zero-order chi connectivity index (χ0) is 20.9. The Morgan fingerprint density at radius 3 is 2.50 bits per heavy atom. The summed E-state index contributed by atoms with van der Waals surface area (Å²) in [4.78, 5) is 27.6. The second-order valence-electron chi connectivity index (χ2n) is 8.12. The van der Waals surface area contributed by atoms with Gasteiger partial charge in [0.1, 0.15) is 0 Å². The van der Waals surface area contributed by atoms with Gasteiger partial charge in [-0.25, -0.2) is 4.79 Å². The molecule has 0 radical (unpaired) electrons. The van der Waals surface area contributed by atoms with Gasteiger partial charge in [-0.15, -0.1) is 0 Å². The van der Waals surface area contributed by atoms with Crippen LogP contribution >= 0.6 is 0 Å². The van der Waals surface area contributed by atoms with E-state index in [0.717, 1.165) is 25.8 Å². The van der Waals surface area contributed by atoms with Crippen LogP contribution in [-0.4, -0.2) is 36.0 Å². The van der Waals surface area contributed by atoms with Gasteiger partial charge in [-0.1, -0.05) is 49.2 Å². The van der Waals surface area contributed by atoms with E-state index in [2.05, 4.69) is 6.07 Å². The molecular weight excluding hydrogens is 376 g/mol. The molecule has 2 aliphatic rings. The van der Waals surface area contributed by atoms with E-state index in [9.17, 15) is 14.9 Å². The standard InChI is InChI=1S/C25H26N2O3/c26-16-19-9-1-3-11-20(19)21-12-4-5-13-22(21)25(29)30-17-24(28)27-15-7-10-18-8-2-6-14-23(18)27/h1,3-5,9,11-13,18,23H,2,6-8,10,14-15,17H2/t18-,23-/m1/s1. The normalized spacial score (nSPS) is 20.7. The van der Waals surface area contributed by atoms with Crippen molar-refractivity contribution in [2.75, 3.05) is 13.2 Å². The van der Waals surface area contributed by atoms with E-state index in [1.165, 1.54) is 19.3 Å². The number of ether oxygens (including phenoxy) is 1. The fourth-order valence-electron chi connectivity index (χ4n) is 4.93. The van der Waals surface area contributed by atoms with Crippen molar-refractivity contribution < 1.29 is 14.3 Å². The molecule has 5 heteroatoms. The number of fused-ring (bicyclic) bond motifs is 1. The number of carbonyl (C=O) groups excluding carboxylic acids is 2. The summed E-state index contributed by atoms with van der Waals surface area (Å²) < 4.78 is 5.45. The van der Waals surface area contributed by atoms with Crippen molar-refractivity contribution in [3.8, 4) is 17.2 Å². The van der Waals surface area contributed by atoms with E-state index in [1.54, 1.807) is 30.3 Å². The Morgan fingerprint density at radius 2 is 1.67 bits per heavy atom. The highest BCUT2D eigenvalue weighted by Crippen LogP contribution is 2.35. The van der Waals surface area contributed by atoms with Crippen LogP contribution in [0.2, 0.25) is 0 Å². The Morgan fingerprint density at radius 1 is 0.967 bits per heavy atom. The predicted molar refractivity (Wildman–Crippen MR) is 114 cm³/mol. The maximum Gasteiger partial charge on any atom is 0.339 e. The molecule has 154 valence electrons. The van der Waals surface area contributed by atoms with Crippen LogP contribution in [0.15, 0.2) is 48.5 Å². The van der Waals surface area contributed by atoms with Crippen LogP contribution in [0.1, 0.15) is 54.4 Å². The maximum atomic E-state index is 12.8. The van der Waals surface area contributed by atoms with Crippen LogP contribution < -0.4 is 0 Å². The van der Waals surface area contributed by atoms with Crippen molar-refractivity contribution in [2.24, 2.45) is 5.92 Å². The molecule has 1 saturated carbocycles. The van der Waals surface area contributed by atoms with Gasteiger partial charge in [-0.05, 0) is 49.3 Å². The smallest absolute Gasteiger partial charge is 0.339 e. The molecule has 0 N–H and O–H groups in total. The fourth-order valence-corrected chi connectivity index (χ4v) is 4.93. The Balaban J connectivity index is 1.47. The molecule has 2 aromatic rings. The minimum Gasteiger partial charge on any atom is -0.452 e. The third-order valence-electron chi connectivity index (χ3n) is 6.37. The second kappa shape index (κ2) is 9.13. The third kappa shape index (κ3) is 4.09. The number of piperidine rings is 1. The molecule has 0 spiro atoms. The quantitative estimate of drug-likeness (QED) is 0.703. The molecule has 2 fully saturated rings. The molecule has 0 aromatic heterocycles. The number of amides is 1. The summed E-state index contributed by atoms with van der Waals surface area (Å²) in [6.45, 7) is 0.514. The minimum atomic E-state index is -0.538.